The number of nitrogens with two attached hydrogens (primary N) is 2. The second kappa shape index (κ2) is 8.19. The fourth-order valence-corrected chi connectivity index (χ4v) is 1.64. The fraction of sp³-hybridized carbons (Fsp3) is 0.438. The first-order chi connectivity index (χ1) is 11.1. The van der Waals surface area contributed by atoms with Crippen LogP contribution in [0.5, 0.6) is 5.75 Å². The molecule has 5 N–H and O–H groups in total. The Morgan fingerprint density at radius 2 is 1.96 bits per heavy atom. The highest BCUT2D eigenvalue weighted by atomic mass is 16.6. The normalized spacial score (nSPS) is 12.0. The Bertz CT molecular complexity index is 619. The van der Waals surface area contributed by atoms with Crippen LogP contribution in [0.2, 0.25) is 0 Å². The highest BCUT2D eigenvalue weighted by Gasteiger charge is 2.22. The molecular weight excluding hydrogens is 312 g/mol. The van der Waals surface area contributed by atoms with E-state index in [1.807, 2.05) is 0 Å². The Morgan fingerprint density at radius 3 is 2.54 bits per heavy atom. The van der Waals surface area contributed by atoms with E-state index < -0.39 is 23.7 Å². The second-order valence-electron chi connectivity index (χ2n) is 6.18. The minimum absolute atomic E-state index is 0.0208. The lowest BCUT2D eigenvalue weighted by molar-refractivity contribution is -0.136. The van der Waals surface area contributed by atoms with Gasteiger partial charge in [0.15, 0.2) is 5.96 Å². The third kappa shape index (κ3) is 7.48. The first-order valence-corrected chi connectivity index (χ1v) is 7.42. The molecule has 0 aliphatic rings. The lowest BCUT2D eigenvalue weighted by Crippen LogP contribution is -2.43. The molecule has 0 heterocycles. The monoisotopic (exact) mass is 336 g/mol. The molecule has 1 aromatic rings. The van der Waals surface area contributed by atoms with Crippen molar-refractivity contribution in [1.29, 1.82) is 0 Å². The summed E-state index contributed by atoms with van der Waals surface area (Å²) in [5.74, 6) is -0.298. The van der Waals surface area contributed by atoms with Gasteiger partial charge in [-0.2, -0.15) is 0 Å². The van der Waals surface area contributed by atoms with Gasteiger partial charge in [0.25, 0.3) is 0 Å². The summed E-state index contributed by atoms with van der Waals surface area (Å²) in [4.78, 5) is 27.6. The average molecular weight is 336 g/mol. The molecule has 1 aromatic carbocycles. The Hall–Kier alpha value is -2.77. The highest BCUT2D eigenvalue weighted by Crippen LogP contribution is 2.15. The maximum absolute atomic E-state index is 12.0. The Labute approximate surface area is 141 Å². The quantitative estimate of drug-likeness (QED) is 0.321. The van der Waals surface area contributed by atoms with E-state index in [-0.39, 0.29) is 12.5 Å². The number of carbonyl (C=O) groups is 2. The number of hydrogen-bond donors (Lipinski definition) is 3. The molecule has 0 aliphatic carbocycles. The van der Waals surface area contributed by atoms with E-state index in [0.717, 1.165) is 5.56 Å². The van der Waals surface area contributed by atoms with Crippen LogP contribution in [0.4, 0.5) is 4.79 Å². The van der Waals surface area contributed by atoms with Crippen molar-refractivity contribution in [2.75, 3.05) is 0 Å². The maximum atomic E-state index is 12.0. The number of carbonyl (C=O) groups excluding carboxylic acids is 2. The molecule has 8 nitrogen and oxygen atoms in total. The van der Waals surface area contributed by atoms with Crippen molar-refractivity contribution in [3.05, 3.63) is 29.8 Å². The predicted octanol–water partition coefficient (Wildman–Crippen LogP) is 1.28. The zero-order chi connectivity index (χ0) is 18.3. The molecule has 1 atom stereocenters. The number of guanidine groups is 1. The number of amides is 1. The van der Waals surface area contributed by atoms with Crippen molar-refractivity contribution < 1.29 is 19.1 Å². The van der Waals surface area contributed by atoms with Crippen molar-refractivity contribution in [1.82, 2.24) is 5.32 Å². The number of nitrogens with zero attached hydrogens (tertiary/aromatic N) is 1. The van der Waals surface area contributed by atoms with Crippen LogP contribution in [0.3, 0.4) is 0 Å². The van der Waals surface area contributed by atoms with E-state index in [1.54, 1.807) is 45.0 Å². The minimum atomic E-state index is -0.860. The van der Waals surface area contributed by atoms with Crippen molar-refractivity contribution in [2.24, 2.45) is 16.5 Å². The molecule has 0 unspecified atom stereocenters. The van der Waals surface area contributed by atoms with Crippen LogP contribution in [0, 0.1) is 0 Å². The number of ether oxygens (including phenoxy) is 2. The van der Waals surface area contributed by atoms with E-state index >= 15 is 0 Å². The maximum Gasteiger partial charge on any atom is 0.408 e. The summed E-state index contributed by atoms with van der Waals surface area (Å²) in [6.45, 7) is 6.99. The number of benzene rings is 1. The number of esters is 1. The minimum Gasteiger partial charge on any atom is -0.444 e. The van der Waals surface area contributed by atoms with Gasteiger partial charge >= 0.3 is 12.1 Å². The molecule has 0 saturated heterocycles. The van der Waals surface area contributed by atoms with E-state index in [0.29, 0.717) is 5.75 Å². The molecule has 132 valence electrons. The van der Waals surface area contributed by atoms with Gasteiger partial charge < -0.3 is 26.3 Å². The summed E-state index contributed by atoms with van der Waals surface area (Å²) in [6.07, 6.45) is -0.687. The smallest absolute Gasteiger partial charge is 0.408 e. The molecule has 0 saturated carbocycles. The van der Waals surface area contributed by atoms with Crippen LogP contribution in [0.1, 0.15) is 33.3 Å². The average Bonchev–Trinajstić information content (AvgIpc) is 2.43. The Balaban J connectivity index is 2.62. The molecule has 0 fully saturated rings. The highest BCUT2D eigenvalue weighted by molar-refractivity contribution is 5.82. The summed E-state index contributed by atoms with van der Waals surface area (Å²) in [7, 11) is 0. The number of nitrogens with one attached hydrogen (secondary N) is 1. The molecule has 8 heteroatoms. The van der Waals surface area contributed by atoms with Crippen LogP contribution in [0.25, 0.3) is 0 Å². The molecule has 1 amide bonds. The van der Waals surface area contributed by atoms with Gasteiger partial charge in [0.1, 0.15) is 17.4 Å². The van der Waals surface area contributed by atoms with Crippen molar-refractivity contribution in [3.63, 3.8) is 0 Å². The zero-order valence-electron chi connectivity index (χ0n) is 14.3. The Morgan fingerprint density at radius 1 is 1.29 bits per heavy atom. The van der Waals surface area contributed by atoms with Crippen molar-refractivity contribution in [3.8, 4) is 5.75 Å². The Kier molecular flexibility index (Phi) is 6.58. The van der Waals surface area contributed by atoms with Crippen LogP contribution >= 0.6 is 0 Å². The van der Waals surface area contributed by atoms with Crippen LogP contribution in [-0.2, 0) is 16.1 Å². The molecule has 24 heavy (non-hydrogen) atoms. The number of alkyl carbamates (subject to hydrolysis) is 1. The van der Waals surface area contributed by atoms with Gasteiger partial charge in [-0.05, 0) is 45.4 Å². The third-order valence-corrected chi connectivity index (χ3v) is 2.65. The molecule has 0 aromatic heterocycles. The zero-order valence-corrected chi connectivity index (χ0v) is 14.3. The molecule has 0 bridgehead atoms. The van der Waals surface area contributed by atoms with Gasteiger partial charge in [-0.1, -0.05) is 12.1 Å². The van der Waals surface area contributed by atoms with Gasteiger partial charge in [0, 0.05) is 0 Å². The van der Waals surface area contributed by atoms with Crippen LogP contribution in [0.15, 0.2) is 29.3 Å². The standard InChI is InChI=1S/C16H24N4O4/c1-10(20-15(22)24-16(2,3)4)13(21)23-12-7-5-6-11(8-12)9-19-14(17)18/h5-8,10H,9H2,1-4H3,(H,20,22)(H4,17,18,19)/t10-/m0/s1. The predicted molar refractivity (Wildman–Crippen MR) is 90.4 cm³/mol. The van der Waals surface area contributed by atoms with Crippen LogP contribution < -0.4 is 21.5 Å². The van der Waals surface area contributed by atoms with Crippen LogP contribution in [-0.4, -0.2) is 29.7 Å². The first kappa shape index (κ1) is 19.3. The second-order valence-corrected chi connectivity index (χ2v) is 6.18. The lowest BCUT2D eigenvalue weighted by Gasteiger charge is -2.21. The van der Waals surface area contributed by atoms with Gasteiger partial charge in [-0.15, -0.1) is 0 Å². The topological polar surface area (TPSA) is 129 Å². The van der Waals surface area contributed by atoms with E-state index in [2.05, 4.69) is 10.3 Å². The third-order valence-electron chi connectivity index (χ3n) is 2.65. The molecule has 0 radical (unpaired) electrons. The molecule has 0 aliphatic heterocycles. The van der Waals surface area contributed by atoms with Gasteiger partial charge in [0.2, 0.25) is 0 Å². The van der Waals surface area contributed by atoms with Crippen molar-refractivity contribution in [2.45, 2.75) is 45.9 Å². The van der Waals surface area contributed by atoms with Gasteiger partial charge in [-0.25, -0.2) is 14.6 Å². The molecular formula is C16H24N4O4. The summed E-state index contributed by atoms with van der Waals surface area (Å²) in [5, 5.41) is 2.42. The van der Waals surface area contributed by atoms with E-state index in [4.69, 9.17) is 20.9 Å². The summed E-state index contributed by atoms with van der Waals surface area (Å²) >= 11 is 0. The van der Waals surface area contributed by atoms with Crippen molar-refractivity contribution >= 4 is 18.0 Å². The first-order valence-electron chi connectivity index (χ1n) is 7.42. The van der Waals surface area contributed by atoms with E-state index in [1.165, 1.54) is 6.92 Å². The van der Waals surface area contributed by atoms with E-state index in [9.17, 15) is 9.59 Å². The number of aliphatic imine (C=N–C) groups is 1. The summed E-state index contributed by atoms with van der Waals surface area (Å²) in [6, 6.07) is 5.92. The number of rotatable bonds is 5. The SMILES string of the molecule is C[C@H](NC(=O)OC(C)(C)C)C(=O)Oc1cccc(CN=C(N)N)c1. The van der Waals surface area contributed by atoms with Gasteiger partial charge in [0.05, 0.1) is 6.54 Å². The lowest BCUT2D eigenvalue weighted by atomic mass is 10.2. The summed E-state index contributed by atoms with van der Waals surface area (Å²) in [5.41, 5.74) is 10.7. The number of hydrogen-bond acceptors (Lipinski definition) is 5. The van der Waals surface area contributed by atoms with Gasteiger partial charge in [-0.3, -0.25) is 0 Å². The molecule has 1 rings (SSSR count). The largest absolute Gasteiger partial charge is 0.444 e. The fourth-order valence-electron chi connectivity index (χ4n) is 1.64. The molecule has 0 spiro atoms. The summed E-state index contributed by atoms with van der Waals surface area (Å²) < 4.78 is 10.3.